The Hall–Kier alpha value is -2.38. The number of carbonyl (C=O) groups excluding carboxylic acids is 1. The molecule has 27 heavy (non-hydrogen) atoms. The van der Waals surface area contributed by atoms with E-state index in [4.69, 9.17) is 9.72 Å². The minimum atomic E-state index is 0.0750. The van der Waals surface area contributed by atoms with Gasteiger partial charge in [0.2, 0.25) is 5.91 Å². The summed E-state index contributed by atoms with van der Waals surface area (Å²) in [6.07, 6.45) is 3.57. The van der Waals surface area contributed by atoms with Crippen LogP contribution in [0, 0.1) is 0 Å². The number of benzene rings is 1. The van der Waals surface area contributed by atoms with Gasteiger partial charge in [0, 0.05) is 37.1 Å². The lowest BCUT2D eigenvalue weighted by Crippen LogP contribution is -2.48. The number of piperazine rings is 1. The van der Waals surface area contributed by atoms with Crippen LogP contribution in [0.3, 0.4) is 0 Å². The van der Waals surface area contributed by atoms with Gasteiger partial charge < -0.3 is 14.5 Å². The Bertz CT molecular complexity index is 941. The Morgan fingerprint density at radius 3 is 2.81 bits per heavy atom. The summed E-state index contributed by atoms with van der Waals surface area (Å²) in [6, 6.07) is 10.0. The molecule has 1 aliphatic heterocycles. The topological polar surface area (TPSA) is 45.7 Å². The van der Waals surface area contributed by atoms with Crippen LogP contribution < -0.4 is 9.64 Å². The van der Waals surface area contributed by atoms with Gasteiger partial charge in [0.25, 0.3) is 0 Å². The summed E-state index contributed by atoms with van der Waals surface area (Å²) in [5, 5.41) is 3.01. The zero-order chi connectivity index (χ0) is 18.6. The highest BCUT2D eigenvalue weighted by molar-refractivity contribution is 7.22. The number of carbonyl (C=O) groups is 1. The minimum absolute atomic E-state index is 0.0750. The monoisotopic (exact) mass is 399 g/mol. The molecule has 7 heteroatoms. The maximum atomic E-state index is 12.4. The molecule has 2 aromatic heterocycles. The standard InChI is InChI=1S/C20H21N3O2S2/c1-2-25-16-6-3-7-17-19(16)21-20(27-17)23-12-10-22(11-13-23)18(24)9-8-15-5-4-14-26-15/h3-9,14H,2,10-13H2,1H3. The maximum absolute atomic E-state index is 12.4. The van der Waals surface area contributed by atoms with Crippen molar-refractivity contribution in [3.63, 3.8) is 0 Å². The largest absolute Gasteiger partial charge is 0.492 e. The number of nitrogens with zero attached hydrogens (tertiary/aromatic N) is 3. The molecule has 0 bridgehead atoms. The number of aromatic nitrogens is 1. The smallest absolute Gasteiger partial charge is 0.246 e. The lowest BCUT2D eigenvalue weighted by Gasteiger charge is -2.34. The molecule has 0 saturated carbocycles. The molecule has 0 aliphatic carbocycles. The number of amides is 1. The van der Waals surface area contributed by atoms with Crippen molar-refractivity contribution in [2.24, 2.45) is 0 Å². The summed E-state index contributed by atoms with van der Waals surface area (Å²) >= 11 is 3.31. The molecule has 1 saturated heterocycles. The van der Waals surface area contributed by atoms with E-state index >= 15 is 0 Å². The van der Waals surface area contributed by atoms with Crippen LogP contribution in [0.5, 0.6) is 5.75 Å². The molecule has 1 aromatic carbocycles. The van der Waals surface area contributed by atoms with Crippen LogP contribution in [0.1, 0.15) is 11.8 Å². The highest BCUT2D eigenvalue weighted by Crippen LogP contribution is 2.34. The number of thiophene rings is 1. The molecule has 0 spiro atoms. The van der Waals surface area contributed by atoms with Gasteiger partial charge in [-0.15, -0.1) is 11.3 Å². The molecule has 3 heterocycles. The first-order valence-electron chi connectivity index (χ1n) is 9.02. The van der Waals surface area contributed by atoms with Gasteiger partial charge >= 0.3 is 0 Å². The summed E-state index contributed by atoms with van der Waals surface area (Å²) in [5.74, 6) is 0.913. The number of rotatable bonds is 5. The molecule has 3 aromatic rings. The number of hydrogen-bond acceptors (Lipinski definition) is 6. The predicted molar refractivity (Wildman–Crippen MR) is 113 cm³/mol. The molecule has 5 nitrogen and oxygen atoms in total. The van der Waals surface area contributed by atoms with Gasteiger partial charge in [-0.25, -0.2) is 4.98 Å². The zero-order valence-electron chi connectivity index (χ0n) is 15.1. The molecule has 4 rings (SSSR count). The van der Waals surface area contributed by atoms with Crippen molar-refractivity contribution in [2.45, 2.75) is 6.92 Å². The van der Waals surface area contributed by atoms with Crippen LogP contribution in [0.4, 0.5) is 5.13 Å². The predicted octanol–water partition coefficient (Wildman–Crippen LogP) is 4.12. The molecule has 1 amide bonds. The fourth-order valence-electron chi connectivity index (χ4n) is 3.08. The van der Waals surface area contributed by atoms with Crippen molar-refractivity contribution in [2.75, 3.05) is 37.7 Å². The van der Waals surface area contributed by atoms with Crippen molar-refractivity contribution in [1.29, 1.82) is 0 Å². The number of fused-ring (bicyclic) bond motifs is 1. The molecule has 0 unspecified atom stereocenters. The first kappa shape index (κ1) is 18.0. The third-order valence-electron chi connectivity index (χ3n) is 4.47. The second kappa shape index (κ2) is 8.10. The Kier molecular flexibility index (Phi) is 5.40. The van der Waals surface area contributed by atoms with Gasteiger partial charge in [0.15, 0.2) is 5.13 Å². The molecular formula is C20H21N3O2S2. The fourth-order valence-corrected chi connectivity index (χ4v) is 4.73. The van der Waals surface area contributed by atoms with Crippen LogP contribution in [-0.4, -0.2) is 48.6 Å². The second-order valence-corrected chi connectivity index (χ2v) is 8.18. The van der Waals surface area contributed by atoms with Crippen molar-refractivity contribution >= 4 is 50.0 Å². The number of hydrogen-bond donors (Lipinski definition) is 0. The average Bonchev–Trinajstić information content (AvgIpc) is 3.36. The van der Waals surface area contributed by atoms with E-state index in [0.717, 1.165) is 39.1 Å². The van der Waals surface area contributed by atoms with E-state index in [1.165, 1.54) is 0 Å². The Morgan fingerprint density at radius 2 is 2.07 bits per heavy atom. The third kappa shape index (κ3) is 3.99. The maximum Gasteiger partial charge on any atom is 0.246 e. The van der Waals surface area contributed by atoms with Gasteiger partial charge in [0.1, 0.15) is 11.3 Å². The van der Waals surface area contributed by atoms with Crippen molar-refractivity contribution < 1.29 is 9.53 Å². The van der Waals surface area contributed by atoms with Gasteiger partial charge in [-0.3, -0.25) is 4.79 Å². The van der Waals surface area contributed by atoms with Gasteiger partial charge in [0.05, 0.1) is 11.3 Å². The number of para-hydroxylation sites is 1. The molecule has 0 atom stereocenters. The second-order valence-electron chi connectivity index (χ2n) is 6.19. The Labute approximate surface area is 166 Å². The average molecular weight is 400 g/mol. The Balaban J connectivity index is 1.41. The van der Waals surface area contributed by atoms with Crippen molar-refractivity contribution in [1.82, 2.24) is 9.88 Å². The summed E-state index contributed by atoms with van der Waals surface area (Å²) in [6.45, 7) is 5.62. The lowest BCUT2D eigenvalue weighted by molar-refractivity contribution is -0.126. The number of ether oxygens (including phenoxy) is 1. The third-order valence-corrected chi connectivity index (χ3v) is 6.38. The number of thiazole rings is 1. The minimum Gasteiger partial charge on any atom is -0.492 e. The zero-order valence-corrected chi connectivity index (χ0v) is 16.8. The SMILES string of the molecule is CCOc1cccc2sc(N3CCN(C(=O)C=Cc4cccs4)CC3)nc12. The van der Waals surface area contributed by atoms with E-state index in [-0.39, 0.29) is 5.91 Å². The van der Waals surface area contributed by atoms with E-state index < -0.39 is 0 Å². The molecule has 0 N–H and O–H groups in total. The molecule has 1 aliphatic rings. The quantitative estimate of drug-likeness (QED) is 0.606. The van der Waals surface area contributed by atoms with E-state index in [0.29, 0.717) is 19.7 Å². The van der Waals surface area contributed by atoms with E-state index in [1.54, 1.807) is 28.7 Å². The van der Waals surface area contributed by atoms with Gasteiger partial charge in [-0.1, -0.05) is 23.5 Å². The van der Waals surface area contributed by atoms with Crippen LogP contribution in [0.25, 0.3) is 16.3 Å². The summed E-state index contributed by atoms with van der Waals surface area (Å²) in [4.78, 5) is 22.4. The van der Waals surface area contributed by atoms with Crippen LogP contribution in [0.15, 0.2) is 41.8 Å². The van der Waals surface area contributed by atoms with E-state index in [1.807, 2.05) is 47.5 Å². The van der Waals surface area contributed by atoms with E-state index in [2.05, 4.69) is 11.0 Å². The highest BCUT2D eigenvalue weighted by atomic mass is 32.1. The van der Waals surface area contributed by atoms with Gasteiger partial charge in [-0.05, 0) is 36.6 Å². The summed E-state index contributed by atoms with van der Waals surface area (Å²) in [7, 11) is 0. The van der Waals surface area contributed by atoms with Crippen molar-refractivity contribution in [3.8, 4) is 5.75 Å². The lowest BCUT2D eigenvalue weighted by atomic mass is 10.3. The first-order valence-corrected chi connectivity index (χ1v) is 10.7. The molecular weight excluding hydrogens is 378 g/mol. The first-order chi connectivity index (χ1) is 13.2. The fraction of sp³-hybridized carbons (Fsp3) is 0.300. The normalized spacial score (nSPS) is 15.0. The van der Waals surface area contributed by atoms with Crippen LogP contribution in [0.2, 0.25) is 0 Å². The van der Waals surface area contributed by atoms with Gasteiger partial charge in [-0.2, -0.15) is 0 Å². The summed E-state index contributed by atoms with van der Waals surface area (Å²) < 4.78 is 6.82. The van der Waals surface area contributed by atoms with Crippen LogP contribution >= 0.6 is 22.7 Å². The van der Waals surface area contributed by atoms with Crippen molar-refractivity contribution in [3.05, 3.63) is 46.7 Å². The van der Waals surface area contributed by atoms with Crippen LogP contribution in [-0.2, 0) is 4.79 Å². The number of anilines is 1. The molecule has 1 fully saturated rings. The molecule has 0 radical (unpaired) electrons. The molecule has 140 valence electrons. The highest BCUT2D eigenvalue weighted by Gasteiger charge is 2.22. The Morgan fingerprint density at radius 1 is 1.22 bits per heavy atom. The summed E-state index contributed by atoms with van der Waals surface area (Å²) in [5.41, 5.74) is 0.928. The van der Waals surface area contributed by atoms with E-state index in [9.17, 15) is 4.79 Å².